The van der Waals surface area contributed by atoms with Gasteiger partial charge in [0, 0.05) is 30.6 Å². The highest BCUT2D eigenvalue weighted by atomic mass is 16.5. The van der Waals surface area contributed by atoms with Crippen molar-refractivity contribution in [3.05, 3.63) is 47.5 Å². The van der Waals surface area contributed by atoms with Crippen LogP contribution >= 0.6 is 0 Å². The Labute approximate surface area is 261 Å². The van der Waals surface area contributed by atoms with Gasteiger partial charge in [-0.05, 0) is 61.0 Å². The molecule has 0 heterocycles. The lowest BCUT2D eigenvalue weighted by Gasteiger charge is -2.57. The predicted molar refractivity (Wildman–Crippen MR) is 158 cm³/mol. The largest absolute Gasteiger partial charge is 0.480 e. The quantitative estimate of drug-likeness (QED) is 0.283. The van der Waals surface area contributed by atoms with E-state index in [-0.39, 0.29) is 42.2 Å². The lowest BCUT2D eigenvalue weighted by molar-refractivity contribution is -0.173. The van der Waals surface area contributed by atoms with E-state index in [0.717, 1.165) is 5.57 Å². The first kappa shape index (κ1) is 32.7. The minimum Gasteiger partial charge on any atom is -0.480 e. The average Bonchev–Trinajstić information content (AvgIpc) is 3.28. The number of nitrogens with one attached hydrogen (secondary N) is 1. The second-order valence-electron chi connectivity index (χ2n) is 13.6. The van der Waals surface area contributed by atoms with E-state index in [0.29, 0.717) is 37.7 Å². The zero-order chi connectivity index (χ0) is 32.7. The van der Waals surface area contributed by atoms with Crippen molar-refractivity contribution in [2.24, 2.45) is 28.6 Å². The maximum Gasteiger partial charge on any atom is 0.329 e. The number of amides is 1. The molecule has 0 bridgehead atoms. The lowest BCUT2D eigenvalue weighted by Crippen LogP contribution is -2.61. The van der Waals surface area contributed by atoms with Crippen LogP contribution < -0.4 is 5.32 Å². The Morgan fingerprint density at radius 3 is 2.42 bits per heavy atom. The highest BCUT2D eigenvalue weighted by Gasteiger charge is 2.68. The predicted octanol–water partition coefficient (Wildman–Crippen LogP) is 2.62. The summed E-state index contributed by atoms with van der Waals surface area (Å²) in [5.74, 6) is -4.12. The smallest absolute Gasteiger partial charge is 0.329 e. The van der Waals surface area contributed by atoms with E-state index < -0.39 is 71.7 Å². The number of carbonyl (C=O) groups excluding carboxylic acids is 5. The molecule has 11 nitrogen and oxygen atoms in total. The van der Waals surface area contributed by atoms with Gasteiger partial charge in [-0.1, -0.05) is 49.8 Å². The molecule has 45 heavy (non-hydrogen) atoms. The summed E-state index contributed by atoms with van der Waals surface area (Å²) in [5, 5.41) is 33.9. The lowest BCUT2D eigenvalue weighted by atomic mass is 9.46. The number of aliphatic hydroxyl groups is 2. The summed E-state index contributed by atoms with van der Waals surface area (Å²) in [5.41, 5.74) is -1.96. The molecule has 1 amide bonds. The van der Waals surface area contributed by atoms with Gasteiger partial charge in [0.15, 0.2) is 18.4 Å². The fourth-order valence-electron chi connectivity index (χ4n) is 8.76. The molecule has 0 spiro atoms. The third-order valence-electron chi connectivity index (χ3n) is 11.2. The van der Waals surface area contributed by atoms with Gasteiger partial charge in [-0.3, -0.25) is 24.0 Å². The van der Waals surface area contributed by atoms with Gasteiger partial charge in [0.1, 0.15) is 17.5 Å². The minimum absolute atomic E-state index is 0.00520. The van der Waals surface area contributed by atoms with Gasteiger partial charge in [-0.2, -0.15) is 0 Å². The maximum absolute atomic E-state index is 13.8. The van der Waals surface area contributed by atoms with Crippen LogP contribution in [0.4, 0.5) is 0 Å². The fraction of sp³-hybridized carbons (Fsp3) is 0.588. The van der Waals surface area contributed by atoms with E-state index >= 15 is 0 Å². The Morgan fingerprint density at radius 1 is 1.02 bits per heavy atom. The van der Waals surface area contributed by atoms with Crippen molar-refractivity contribution in [2.75, 3.05) is 6.61 Å². The van der Waals surface area contributed by atoms with Gasteiger partial charge < -0.3 is 25.4 Å². The van der Waals surface area contributed by atoms with Crippen molar-refractivity contribution >= 4 is 35.2 Å². The Bertz CT molecular complexity index is 1440. The number of fused-ring (bicyclic) bond motifs is 5. The van der Waals surface area contributed by atoms with Crippen LogP contribution in [0.3, 0.4) is 0 Å². The van der Waals surface area contributed by atoms with Crippen molar-refractivity contribution in [1.82, 2.24) is 5.32 Å². The molecule has 1 aromatic rings. The number of carbonyl (C=O) groups is 6. The van der Waals surface area contributed by atoms with Crippen LogP contribution in [0.1, 0.15) is 83.3 Å². The van der Waals surface area contributed by atoms with Gasteiger partial charge in [0.2, 0.25) is 11.7 Å². The summed E-state index contributed by atoms with van der Waals surface area (Å²) in [7, 11) is 0. The zero-order valence-electron chi connectivity index (χ0n) is 25.6. The number of hydrogen-bond acceptors (Lipinski definition) is 9. The summed E-state index contributed by atoms with van der Waals surface area (Å²) >= 11 is 0. The Hall–Kier alpha value is -3.70. The second kappa shape index (κ2) is 12.2. The molecule has 4 aliphatic rings. The van der Waals surface area contributed by atoms with Crippen LogP contribution in [-0.4, -0.2) is 68.8 Å². The Kier molecular flexibility index (Phi) is 8.89. The molecule has 242 valence electrons. The molecular formula is C34H41NO10. The number of ketones is 3. The average molecular weight is 624 g/mol. The summed E-state index contributed by atoms with van der Waals surface area (Å²) in [6.07, 6.45) is 2.45. The maximum atomic E-state index is 13.8. The van der Waals surface area contributed by atoms with Gasteiger partial charge in [-0.15, -0.1) is 0 Å². The van der Waals surface area contributed by atoms with Crippen molar-refractivity contribution < 1.29 is 48.8 Å². The molecule has 3 fully saturated rings. The summed E-state index contributed by atoms with van der Waals surface area (Å²) in [6, 6.07) is 6.33. The van der Waals surface area contributed by atoms with Crippen LogP contribution in [-0.2, 0) is 33.5 Å². The van der Waals surface area contributed by atoms with E-state index in [1.807, 2.05) is 0 Å². The molecule has 8 atom stereocenters. The molecule has 4 aliphatic carbocycles. The number of carboxylic acid groups (broad SMARTS) is 1. The zero-order valence-corrected chi connectivity index (χ0v) is 25.6. The van der Waals surface area contributed by atoms with Crippen LogP contribution in [0.2, 0.25) is 0 Å². The number of benzene rings is 1. The molecule has 0 aliphatic heterocycles. The summed E-state index contributed by atoms with van der Waals surface area (Å²) < 4.78 is 5.14. The van der Waals surface area contributed by atoms with Crippen LogP contribution in [0, 0.1) is 28.6 Å². The number of Topliss-reactive ketones (excluding diaryl/α,β-unsaturated/α-hetero) is 2. The van der Waals surface area contributed by atoms with E-state index in [1.54, 1.807) is 31.2 Å². The summed E-state index contributed by atoms with van der Waals surface area (Å²) in [4.78, 5) is 75.9. The van der Waals surface area contributed by atoms with E-state index in [2.05, 4.69) is 12.2 Å². The van der Waals surface area contributed by atoms with Gasteiger partial charge in [0.05, 0.1) is 6.42 Å². The third kappa shape index (κ3) is 5.76. The Morgan fingerprint density at radius 2 is 1.73 bits per heavy atom. The monoisotopic (exact) mass is 623 g/mol. The van der Waals surface area contributed by atoms with Crippen molar-refractivity contribution in [3.63, 3.8) is 0 Å². The minimum atomic E-state index is -1.86. The van der Waals surface area contributed by atoms with Crippen LogP contribution in [0.25, 0.3) is 0 Å². The number of rotatable bonds is 10. The van der Waals surface area contributed by atoms with E-state index in [9.17, 15) is 44.1 Å². The number of allylic oxidation sites excluding steroid dienone is 1. The van der Waals surface area contributed by atoms with Gasteiger partial charge in [-0.25, -0.2) is 4.79 Å². The first-order valence-electron chi connectivity index (χ1n) is 15.6. The topological polar surface area (TPSA) is 184 Å². The number of hydrogen-bond donors (Lipinski definition) is 4. The van der Waals surface area contributed by atoms with E-state index in [4.69, 9.17) is 4.74 Å². The fourth-order valence-corrected chi connectivity index (χ4v) is 8.76. The molecule has 0 unspecified atom stereocenters. The molecule has 3 saturated carbocycles. The third-order valence-corrected chi connectivity index (χ3v) is 11.2. The standard InChI is InChI=1S/C34H41NO10/c1-32-14-12-21(36)16-20(32)8-9-22-23-13-15-34(44,33(23,2)17-24(37)28(22)32)25(38)18-45-27(40)11-10-26(39)35-29(31(42)43)30(41)19-6-4-3-5-7-19/h3-7,16,22-23,28-30,41,44H,8-15,17-18H2,1-2H3,(H,35,39)(H,42,43)/t22-,23+,28+,29-,30+,32+,33+,34+/m1/s1. The molecule has 0 aromatic heterocycles. The molecule has 0 saturated heterocycles. The van der Waals surface area contributed by atoms with E-state index in [1.165, 1.54) is 12.1 Å². The highest BCUT2D eigenvalue weighted by Crippen LogP contribution is 2.66. The Balaban J connectivity index is 1.17. The van der Waals surface area contributed by atoms with Gasteiger partial charge >= 0.3 is 11.9 Å². The van der Waals surface area contributed by atoms with Crippen molar-refractivity contribution in [3.8, 4) is 0 Å². The van der Waals surface area contributed by atoms with Crippen molar-refractivity contribution in [2.45, 2.75) is 89.4 Å². The number of esters is 1. The molecule has 0 radical (unpaired) electrons. The molecule has 5 rings (SSSR count). The molecule has 11 heteroatoms. The first-order chi connectivity index (χ1) is 21.2. The SMILES string of the molecule is C[C@]12CCC(=O)C=C1CC[C@H]1[C@H]2C(=O)C[C@@]2(C)[C@H]1CC[C@]2(O)C(=O)COC(=O)CCC(=O)N[C@@H](C(=O)O)[C@@H](O)c1ccccc1. The molecular weight excluding hydrogens is 582 g/mol. The number of aliphatic hydroxyl groups excluding tert-OH is 1. The van der Waals surface area contributed by atoms with Crippen molar-refractivity contribution in [1.29, 1.82) is 0 Å². The highest BCUT2D eigenvalue weighted by molar-refractivity contribution is 5.95. The molecule has 4 N–H and O–H groups in total. The van der Waals surface area contributed by atoms with Crippen LogP contribution in [0.15, 0.2) is 42.0 Å². The van der Waals surface area contributed by atoms with Gasteiger partial charge in [0.25, 0.3) is 0 Å². The summed E-state index contributed by atoms with van der Waals surface area (Å²) in [6.45, 7) is 3.13. The number of ether oxygens (including phenoxy) is 1. The normalized spacial score (nSPS) is 33.5. The number of carboxylic acids is 1. The molecule has 1 aromatic carbocycles. The van der Waals surface area contributed by atoms with Crippen LogP contribution in [0.5, 0.6) is 0 Å². The number of aliphatic carboxylic acids is 1. The second-order valence-corrected chi connectivity index (χ2v) is 13.6. The first-order valence-corrected chi connectivity index (χ1v) is 15.6.